The van der Waals surface area contributed by atoms with Crippen LogP contribution < -0.4 is 5.73 Å². The lowest BCUT2D eigenvalue weighted by Crippen LogP contribution is -2.45. The maximum atomic E-state index is 13.3. The van der Waals surface area contributed by atoms with E-state index in [4.69, 9.17) is 5.73 Å². The zero-order valence-corrected chi connectivity index (χ0v) is 10.1. The molecule has 1 unspecified atom stereocenters. The number of likely N-dealkylation sites (tertiary alicyclic amines) is 1. The molecule has 98 valence electrons. The highest BCUT2D eigenvalue weighted by Crippen LogP contribution is 2.20. The van der Waals surface area contributed by atoms with Crippen LogP contribution in [0.4, 0.5) is 10.1 Å². The van der Waals surface area contributed by atoms with Crippen molar-refractivity contribution < 1.29 is 14.3 Å². The van der Waals surface area contributed by atoms with E-state index >= 15 is 0 Å². The van der Waals surface area contributed by atoms with E-state index in [0.29, 0.717) is 6.54 Å². The van der Waals surface area contributed by atoms with Gasteiger partial charge in [0.05, 0.1) is 18.3 Å². The summed E-state index contributed by atoms with van der Waals surface area (Å²) in [5.74, 6) is -0.828. The lowest BCUT2D eigenvalue weighted by molar-refractivity contribution is 0.0502. The highest BCUT2D eigenvalue weighted by molar-refractivity contribution is 5.94. The number of rotatable bonds is 2. The number of nitrogens with zero attached hydrogens (tertiary/aromatic N) is 1. The Labute approximate surface area is 105 Å². The summed E-state index contributed by atoms with van der Waals surface area (Å²) < 4.78 is 13.3. The average molecular weight is 252 g/mol. The Morgan fingerprint density at radius 2 is 2.28 bits per heavy atom. The van der Waals surface area contributed by atoms with E-state index in [-0.39, 0.29) is 29.8 Å². The molecular formula is C13H17FN2O2. The Kier molecular flexibility index (Phi) is 3.81. The Bertz CT molecular complexity index is 451. The number of hydrogen-bond donors (Lipinski definition) is 2. The maximum Gasteiger partial charge on any atom is 0.254 e. The first-order valence-electron chi connectivity index (χ1n) is 6.10. The molecule has 1 heterocycles. The molecule has 5 heteroatoms. The van der Waals surface area contributed by atoms with Crippen molar-refractivity contribution in [2.24, 2.45) is 0 Å². The number of piperidine rings is 1. The molecule has 0 aliphatic carbocycles. The first kappa shape index (κ1) is 12.8. The molecule has 0 spiro atoms. The fourth-order valence-electron chi connectivity index (χ4n) is 2.28. The van der Waals surface area contributed by atoms with Crippen molar-refractivity contribution in [2.45, 2.75) is 25.3 Å². The van der Waals surface area contributed by atoms with Crippen LogP contribution in [-0.2, 0) is 0 Å². The first-order chi connectivity index (χ1) is 8.63. The number of anilines is 1. The Balaban J connectivity index is 2.21. The fraction of sp³-hybridized carbons (Fsp3) is 0.462. The number of nitrogen functional groups attached to an aromatic ring is 1. The molecule has 1 aromatic carbocycles. The number of carbonyl (C=O) groups excluding carboxylic acids is 1. The number of halogens is 1. The number of aliphatic hydroxyl groups is 1. The molecule has 0 saturated carbocycles. The van der Waals surface area contributed by atoms with Crippen LogP contribution in [0.25, 0.3) is 0 Å². The van der Waals surface area contributed by atoms with Gasteiger partial charge in [0.25, 0.3) is 5.91 Å². The number of hydrogen-bond acceptors (Lipinski definition) is 3. The molecular weight excluding hydrogens is 235 g/mol. The van der Waals surface area contributed by atoms with Gasteiger partial charge < -0.3 is 15.7 Å². The van der Waals surface area contributed by atoms with Gasteiger partial charge >= 0.3 is 0 Å². The summed E-state index contributed by atoms with van der Waals surface area (Å²) in [6, 6.07) is 3.90. The second kappa shape index (κ2) is 5.35. The van der Waals surface area contributed by atoms with Crippen LogP contribution in [0.15, 0.2) is 18.2 Å². The molecule has 4 nitrogen and oxygen atoms in total. The molecule has 1 atom stereocenters. The van der Waals surface area contributed by atoms with Crippen LogP contribution in [0.5, 0.6) is 0 Å². The van der Waals surface area contributed by atoms with Gasteiger partial charge in [-0.3, -0.25) is 4.79 Å². The van der Waals surface area contributed by atoms with Gasteiger partial charge in [-0.25, -0.2) is 4.39 Å². The van der Waals surface area contributed by atoms with Gasteiger partial charge in [-0.1, -0.05) is 0 Å². The minimum absolute atomic E-state index is 0.0314. The highest BCUT2D eigenvalue weighted by Gasteiger charge is 2.27. The van der Waals surface area contributed by atoms with Crippen LogP contribution in [0.2, 0.25) is 0 Å². The SMILES string of the molecule is Nc1ccc(C(=O)N2CCCCC2CO)cc1F. The normalized spacial score (nSPS) is 19.9. The quantitative estimate of drug-likeness (QED) is 0.782. The molecule has 2 rings (SSSR count). The average Bonchev–Trinajstić information content (AvgIpc) is 2.41. The third-order valence-corrected chi connectivity index (χ3v) is 3.35. The number of nitrogens with two attached hydrogens (primary N) is 1. The second-order valence-electron chi connectivity index (χ2n) is 4.57. The fourth-order valence-corrected chi connectivity index (χ4v) is 2.28. The summed E-state index contributed by atoms with van der Waals surface area (Å²) in [5, 5.41) is 9.27. The number of benzene rings is 1. The van der Waals surface area contributed by atoms with E-state index in [0.717, 1.165) is 25.3 Å². The van der Waals surface area contributed by atoms with Crippen molar-refractivity contribution in [3.63, 3.8) is 0 Å². The topological polar surface area (TPSA) is 66.6 Å². The van der Waals surface area contributed by atoms with Gasteiger partial charge in [0.15, 0.2) is 0 Å². The Morgan fingerprint density at radius 3 is 2.94 bits per heavy atom. The summed E-state index contributed by atoms with van der Waals surface area (Å²) in [5.41, 5.74) is 5.69. The highest BCUT2D eigenvalue weighted by atomic mass is 19.1. The predicted molar refractivity (Wildman–Crippen MR) is 66.6 cm³/mol. The standard InChI is InChI=1S/C13H17FN2O2/c14-11-7-9(4-5-12(11)15)13(18)16-6-2-1-3-10(16)8-17/h4-5,7,10,17H,1-3,6,8,15H2. The zero-order chi connectivity index (χ0) is 13.1. The van der Waals surface area contributed by atoms with Crippen LogP contribution in [0.3, 0.4) is 0 Å². The van der Waals surface area contributed by atoms with Gasteiger partial charge in [0.1, 0.15) is 5.82 Å². The first-order valence-corrected chi connectivity index (χ1v) is 6.10. The molecule has 0 radical (unpaired) electrons. The van der Waals surface area contributed by atoms with E-state index < -0.39 is 5.82 Å². The van der Waals surface area contributed by atoms with Crippen molar-refractivity contribution in [3.05, 3.63) is 29.6 Å². The van der Waals surface area contributed by atoms with E-state index in [2.05, 4.69) is 0 Å². The monoisotopic (exact) mass is 252 g/mol. The van der Waals surface area contributed by atoms with Crippen LogP contribution in [0.1, 0.15) is 29.6 Å². The molecule has 1 aliphatic rings. The van der Waals surface area contributed by atoms with Crippen molar-refractivity contribution in [2.75, 3.05) is 18.9 Å². The van der Waals surface area contributed by atoms with E-state index in [9.17, 15) is 14.3 Å². The van der Waals surface area contributed by atoms with Gasteiger partial charge in [0, 0.05) is 12.1 Å². The third-order valence-electron chi connectivity index (χ3n) is 3.35. The minimum Gasteiger partial charge on any atom is -0.396 e. The van der Waals surface area contributed by atoms with Gasteiger partial charge in [-0.15, -0.1) is 0 Å². The summed E-state index contributed by atoms with van der Waals surface area (Å²) in [6.45, 7) is 0.555. The molecule has 1 saturated heterocycles. The largest absolute Gasteiger partial charge is 0.396 e. The van der Waals surface area contributed by atoms with Crippen molar-refractivity contribution >= 4 is 11.6 Å². The molecule has 3 N–H and O–H groups in total. The Morgan fingerprint density at radius 1 is 1.50 bits per heavy atom. The van der Waals surface area contributed by atoms with E-state index in [1.54, 1.807) is 4.90 Å². The zero-order valence-electron chi connectivity index (χ0n) is 10.1. The van der Waals surface area contributed by atoms with Gasteiger partial charge in [0.2, 0.25) is 0 Å². The molecule has 1 fully saturated rings. The molecule has 1 aromatic rings. The van der Waals surface area contributed by atoms with Gasteiger partial charge in [-0.2, -0.15) is 0 Å². The summed E-state index contributed by atoms with van der Waals surface area (Å²) in [4.78, 5) is 13.9. The van der Waals surface area contributed by atoms with Crippen molar-refractivity contribution in [1.29, 1.82) is 0 Å². The molecule has 0 bridgehead atoms. The second-order valence-corrected chi connectivity index (χ2v) is 4.57. The summed E-state index contributed by atoms with van der Waals surface area (Å²) in [7, 11) is 0. The molecule has 18 heavy (non-hydrogen) atoms. The maximum absolute atomic E-state index is 13.3. The molecule has 1 amide bonds. The lowest BCUT2D eigenvalue weighted by atomic mass is 10.0. The summed E-state index contributed by atoms with van der Waals surface area (Å²) >= 11 is 0. The third kappa shape index (κ3) is 2.46. The molecule has 1 aliphatic heterocycles. The lowest BCUT2D eigenvalue weighted by Gasteiger charge is -2.34. The minimum atomic E-state index is -0.585. The van der Waals surface area contributed by atoms with E-state index in [1.807, 2.05) is 0 Å². The predicted octanol–water partition coefficient (Wildman–Crippen LogP) is 1.39. The van der Waals surface area contributed by atoms with E-state index in [1.165, 1.54) is 12.1 Å². The number of carbonyl (C=O) groups is 1. The van der Waals surface area contributed by atoms with Crippen molar-refractivity contribution in [1.82, 2.24) is 4.90 Å². The van der Waals surface area contributed by atoms with Crippen LogP contribution in [-0.4, -0.2) is 35.1 Å². The van der Waals surface area contributed by atoms with Crippen LogP contribution in [0, 0.1) is 5.82 Å². The van der Waals surface area contributed by atoms with Crippen molar-refractivity contribution in [3.8, 4) is 0 Å². The summed E-state index contributed by atoms with van der Waals surface area (Å²) in [6.07, 6.45) is 2.71. The number of aliphatic hydroxyl groups excluding tert-OH is 1. The smallest absolute Gasteiger partial charge is 0.254 e. The van der Waals surface area contributed by atoms with Crippen LogP contribution >= 0.6 is 0 Å². The number of amides is 1. The Hall–Kier alpha value is -1.62. The van der Waals surface area contributed by atoms with Gasteiger partial charge in [-0.05, 0) is 37.5 Å². The molecule has 0 aromatic heterocycles.